The third-order valence-electron chi connectivity index (χ3n) is 3.80. The molecule has 0 saturated carbocycles. The number of nitrogens with one attached hydrogen (secondary N) is 1. The monoisotopic (exact) mass is 371 g/mol. The van der Waals surface area contributed by atoms with E-state index in [4.69, 9.17) is 12.2 Å². The summed E-state index contributed by atoms with van der Waals surface area (Å²) in [6.45, 7) is 4.74. The summed E-state index contributed by atoms with van der Waals surface area (Å²) in [7, 11) is -3.00. The highest BCUT2D eigenvalue weighted by Crippen LogP contribution is 2.21. The maximum absolute atomic E-state index is 11.8. The molecule has 7 nitrogen and oxygen atoms in total. The number of benzene rings is 1. The Morgan fingerprint density at radius 3 is 2.50 bits per heavy atom. The van der Waals surface area contributed by atoms with E-state index in [-0.39, 0.29) is 23.2 Å². The van der Waals surface area contributed by atoms with Crippen molar-refractivity contribution >= 4 is 38.5 Å². The van der Waals surface area contributed by atoms with E-state index >= 15 is 0 Å². The molecule has 0 spiro atoms. The van der Waals surface area contributed by atoms with Crippen LogP contribution in [0.3, 0.4) is 0 Å². The number of sulfone groups is 1. The van der Waals surface area contributed by atoms with Crippen molar-refractivity contribution in [1.29, 1.82) is 0 Å². The highest BCUT2D eigenvalue weighted by molar-refractivity contribution is 7.91. The minimum absolute atomic E-state index is 0.00684. The molecule has 1 fully saturated rings. The zero-order chi connectivity index (χ0) is 17.9. The molecule has 0 aliphatic carbocycles. The Bertz CT molecular complexity index is 717. The quantitative estimate of drug-likeness (QED) is 0.483. The zero-order valence-corrected chi connectivity index (χ0v) is 15.3. The maximum Gasteiger partial charge on any atom is 0.269 e. The van der Waals surface area contributed by atoms with E-state index in [1.165, 1.54) is 12.1 Å². The molecule has 1 aliphatic heterocycles. The molecular formula is C15H21N3O4S2. The van der Waals surface area contributed by atoms with Crippen LogP contribution in [-0.4, -0.2) is 47.4 Å². The summed E-state index contributed by atoms with van der Waals surface area (Å²) < 4.78 is 23.5. The topological polar surface area (TPSA) is 92.5 Å². The van der Waals surface area contributed by atoms with Gasteiger partial charge in [0.25, 0.3) is 5.69 Å². The first-order valence-corrected chi connectivity index (χ1v) is 9.93. The van der Waals surface area contributed by atoms with Gasteiger partial charge in [-0.3, -0.25) is 10.1 Å². The molecule has 1 N–H and O–H groups in total. The van der Waals surface area contributed by atoms with Crippen molar-refractivity contribution in [1.82, 2.24) is 4.90 Å². The van der Waals surface area contributed by atoms with Gasteiger partial charge in [0.15, 0.2) is 14.9 Å². The lowest BCUT2D eigenvalue weighted by Gasteiger charge is -2.32. The van der Waals surface area contributed by atoms with Gasteiger partial charge in [0.05, 0.1) is 16.4 Å². The average Bonchev–Trinajstić information content (AvgIpc) is 2.85. The lowest BCUT2D eigenvalue weighted by Crippen LogP contribution is -2.45. The standard InChI is InChI=1S/C15H21N3O4S2/c1-11(2)9-17(14-7-8-24(21,22)10-14)15(23)16-12-3-5-13(6-4-12)18(19)20/h3-6,11,14H,7-10H2,1-2H3,(H,16,23)/t14-/m0/s1. The fourth-order valence-electron chi connectivity index (χ4n) is 2.67. The van der Waals surface area contributed by atoms with Crippen molar-refractivity contribution in [2.24, 2.45) is 5.92 Å². The number of thiocarbonyl (C=S) groups is 1. The number of anilines is 1. The zero-order valence-electron chi connectivity index (χ0n) is 13.6. The number of nitrogens with zero attached hydrogens (tertiary/aromatic N) is 2. The fraction of sp³-hybridized carbons (Fsp3) is 0.533. The molecule has 132 valence electrons. The van der Waals surface area contributed by atoms with E-state index in [1.54, 1.807) is 12.1 Å². The Hall–Kier alpha value is -1.74. The predicted octanol–water partition coefficient (Wildman–Crippen LogP) is 2.44. The van der Waals surface area contributed by atoms with Gasteiger partial charge in [-0.1, -0.05) is 13.8 Å². The molecule has 24 heavy (non-hydrogen) atoms. The van der Waals surface area contributed by atoms with Gasteiger partial charge >= 0.3 is 0 Å². The Kier molecular flexibility index (Phi) is 5.76. The number of hydrogen-bond acceptors (Lipinski definition) is 5. The molecule has 9 heteroatoms. The highest BCUT2D eigenvalue weighted by atomic mass is 32.2. The Morgan fingerprint density at radius 2 is 2.04 bits per heavy atom. The van der Waals surface area contributed by atoms with Crippen molar-refractivity contribution < 1.29 is 13.3 Å². The van der Waals surface area contributed by atoms with Gasteiger partial charge < -0.3 is 10.2 Å². The van der Waals surface area contributed by atoms with Crippen LogP contribution in [0.2, 0.25) is 0 Å². The minimum atomic E-state index is -3.00. The molecule has 2 rings (SSSR count). The van der Waals surface area contributed by atoms with E-state index in [2.05, 4.69) is 5.32 Å². The third-order valence-corrected chi connectivity index (χ3v) is 5.89. The first-order chi connectivity index (χ1) is 11.2. The number of non-ortho nitro benzene ring substituents is 1. The van der Waals surface area contributed by atoms with Crippen molar-refractivity contribution in [2.45, 2.75) is 26.3 Å². The van der Waals surface area contributed by atoms with Gasteiger partial charge in [-0.05, 0) is 36.7 Å². The molecular weight excluding hydrogens is 350 g/mol. The van der Waals surface area contributed by atoms with Crippen LogP contribution in [0, 0.1) is 16.0 Å². The molecule has 0 unspecified atom stereocenters. The molecule has 1 atom stereocenters. The number of hydrogen-bond donors (Lipinski definition) is 1. The molecule has 1 saturated heterocycles. The smallest absolute Gasteiger partial charge is 0.269 e. The SMILES string of the molecule is CC(C)CN(C(=S)Nc1ccc([N+](=O)[O-])cc1)[C@H]1CCS(=O)(=O)C1. The summed E-state index contributed by atoms with van der Waals surface area (Å²) in [5, 5.41) is 14.2. The van der Waals surface area contributed by atoms with Crippen LogP contribution in [0.4, 0.5) is 11.4 Å². The van der Waals surface area contributed by atoms with Gasteiger partial charge in [0.1, 0.15) is 0 Å². The van der Waals surface area contributed by atoms with Crippen molar-refractivity contribution in [3.63, 3.8) is 0 Å². The number of rotatable bonds is 5. The third kappa shape index (κ3) is 4.88. The fourth-order valence-corrected chi connectivity index (χ4v) is 4.75. The molecule has 0 amide bonds. The van der Waals surface area contributed by atoms with Gasteiger partial charge in [-0.15, -0.1) is 0 Å². The molecule has 1 aliphatic rings. The van der Waals surface area contributed by atoms with Gasteiger partial charge in [-0.2, -0.15) is 0 Å². The van der Waals surface area contributed by atoms with E-state index in [9.17, 15) is 18.5 Å². The first-order valence-electron chi connectivity index (χ1n) is 7.70. The summed E-state index contributed by atoms with van der Waals surface area (Å²) in [6, 6.07) is 5.85. The summed E-state index contributed by atoms with van der Waals surface area (Å²) in [4.78, 5) is 12.2. The van der Waals surface area contributed by atoms with E-state index < -0.39 is 14.8 Å². The molecule has 1 aromatic rings. The van der Waals surface area contributed by atoms with Crippen molar-refractivity contribution in [2.75, 3.05) is 23.4 Å². The van der Waals surface area contributed by atoms with Crippen LogP contribution < -0.4 is 5.32 Å². The Labute approximate surface area is 147 Å². The van der Waals surface area contributed by atoms with Crippen LogP contribution in [-0.2, 0) is 9.84 Å². The van der Waals surface area contributed by atoms with Crippen LogP contribution in [0.1, 0.15) is 20.3 Å². The second-order valence-corrected chi connectivity index (χ2v) is 8.95. The number of nitro benzene ring substituents is 1. The van der Waals surface area contributed by atoms with E-state index in [0.717, 1.165) is 0 Å². The van der Waals surface area contributed by atoms with Crippen molar-refractivity contribution in [3.8, 4) is 0 Å². The second kappa shape index (κ2) is 7.43. The summed E-state index contributed by atoms with van der Waals surface area (Å²) in [6.07, 6.45) is 0.567. The molecule has 0 radical (unpaired) electrons. The predicted molar refractivity (Wildman–Crippen MR) is 97.9 cm³/mol. The maximum atomic E-state index is 11.8. The average molecular weight is 371 g/mol. The van der Waals surface area contributed by atoms with Crippen LogP contribution >= 0.6 is 12.2 Å². The number of nitro groups is 1. The van der Waals surface area contributed by atoms with Crippen LogP contribution in [0.5, 0.6) is 0 Å². The molecule has 1 aromatic carbocycles. The van der Waals surface area contributed by atoms with Crippen LogP contribution in [0.25, 0.3) is 0 Å². The van der Waals surface area contributed by atoms with E-state index in [1.807, 2.05) is 18.7 Å². The second-order valence-electron chi connectivity index (χ2n) is 6.34. The minimum Gasteiger partial charge on any atom is -0.345 e. The molecule has 0 bridgehead atoms. The van der Waals surface area contributed by atoms with Crippen LogP contribution in [0.15, 0.2) is 24.3 Å². The van der Waals surface area contributed by atoms with Gasteiger partial charge in [0.2, 0.25) is 0 Å². The summed E-state index contributed by atoms with van der Waals surface area (Å²) in [5.74, 6) is 0.624. The van der Waals surface area contributed by atoms with E-state index in [0.29, 0.717) is 29.7 Å². The Morgan fingerprint density at radius 1 is 1.42 bits per heavy atom. The molecule has 1 heterocycles. The Balaban J connectivity index is 2.11. The lowest BCUT2D eigenvalue weighted by molar-refractivity contribution is -0.384. The summed E-state index contributed by atoms with van der Waals surface area (Å²) in [5.41, 5.74) is 0.646. The normalized spacial score (nSPS) is 19.2. The largest absolute Gasteiger partial charge is 0.345 e. The van der Waals surface area contributed by atoms with Gasteiger partial charge in [0, 0.05) is 30.4 Å². The molecule has 0 aromatic heterocycles. The van der Waals surface area contributed by atoms with Crippen molar-refractivity contribution in [3.05, 3.63) is 34.4 Å². The van der Waals surface area contributed by atoms with Gasteiger partial charge in [-0.25, -0.2) is 8.42 Å². The summed E-state index contributed by atoms with van der Waals surface area (Å²) >= 11 is 5.46. The highest BCUT2D eigenvalue weighted by Gasteiger charge is 2.33. The lowest BCUT2D eigenvalue weighted by atomic mass is 10.1. The first kappa shape index (κ1) is 18.6.